The van der Waals surface area contributed by atoms with Gasteiger partial charge in [0.15, 0.2) is 0 Å². The highest BCUT2D eigenvalue weighted by Gasteiger charge is 2.23. The van der Waals surface area contributed by atoms with Crippen LogP contribution in [0.1, 0.15) is 6.04 Å². The highest BCUT2D eigenvalue weighted by Crippen LogP contribution is 2.17. The summed E-state index contributed by atoms with van der Waals surface area (Å²) in [4.78, 5) is 16.0. The molecular formula is C10H12N4O. The van der Waals surface area contributed by atoms with Gasteiger partial charge in [0.1, 0.15) is 0 Å². The van der Waals surface area contributed by atoms with Gasteiger partial charge < -0.3 is 5.32 Å². The summed E-state index contributed by atoms with van der Waals surface area (Å²) >= 11 is 0. The molecule has 0 spiro atoms. The molecule has 0 unspecified atom stereocenters. The second-order valence-electron chi connectivity index (χ2n) is 3.89. The van der Waals surface area contributed by atoms with Crippen LogP contribution in [0.5, 0.6) is 0 Å². The Morgan fingerprint density at radius 2 is 2.27 bits per heavy atom. The molecular weight excluding hydrogens is 192 g/mol. The van der Waals surface area contributed by atoms with Crippen LogP contribution in [0.25, 0.3) is 11.0 Å². The van der Waals surface area contributed by atoms with Crippen molar-refractivity contribution in [2.24, 2.45) is 7.05 Å². The molecule has 0 aliphatic carbocycles. The summed E-state index contributed by atoms with van der Waals surface area (Å²) in [6, 6.07) is 2.19. The van der Waals surface area contributed by atoms with Gasteiger partial charge in [0, 0.05) is 26.3 Å². The molecule has 0 aromatic carbocycles. The third-order valence-electron chi connectivity index (χ3n) is 3.02. The van der Waals surface area contributed by atoms with Crippen LogP contribution in [0.2, 0.25) is 0 Å². The van der Waals surface area contributed by atoms with Crippen molar-refractivity contribution in [3.63, 3.8) is 0 Å². The van der Waals surface area contributed by atoms with Gasteiger partial charge in [0.2, 0.25) is 0 Å². The number of nitrogens with one attached hydrogen (secondary N) is 1. The van der Waals surface area contributed by atoms with E-state index in [9.17, 15) is 4.79 Å². The Labute approximate surface area is 86.3 Å². The molecule has 0 saturated carbocycles. The minimum absolute atomic E-state index is 0.0458. The van der Waals surface area contributed by atoms with Crippen LogP contribution < -0.4 is 11.0 Å². The fraction of sp³-hybridized carbons (Fsp3) is 0.400. The van der Waals surface area contributed by atoms with Crippen LogP contribution in [-0.2, 0) is 7.05 Å². The maximum absolute atomic E-state index is 12.0. The molecule has 1 aliphatic heterocycles. The van der Waals surface area contributed by atoms with Crippen molar-refractivity contribution in [3.8, 4) is 0 Å². The van der Waals surface area contributed by atoms with Crippen molar-refractivity contribution in [1.29, 1.82) is 0 Å². The first kappa shape index (κ1) is 8.67. The predicted molar refractivity (Wildman–Crippen MR) is 56.9 cm³/mol. The van der Waals surface area contributed by atoms with E-state index in [0.717, 1.165) is 24.1 Å². The van der Waals surface area contributed by atoms with Gasteiger partial charge in [0.05, 0.1) is 23.3 Å². The lowest BCUT2D eigenvalue weighted by Gasteiger charge is -2.28. The molecule has 15 heavy (non-hydrogen) atoms. The third kappa shape index (κ3) is 1.07. The topological polar surface area (TPSA) is 51.9 Å². The minimum Gasteiger partial charge on any atom is -0.313 e. The van der Waals surface area contributed by atoms with Crippen LogP contribution in [0, 0.1) is 0 Å². The number of hydrogen-bond donors (Lipinski definition) is 1. The Morgan fingerprint density at radius 1 is 1.47 bits per heavy atom. The summed E-state index contributed by atoms with van der Waals surface area (Å²) in [6.07, 6.45) is 3.46. The summed E-state index contributed by atoms with van der Waals surface area (Å²) in [7, 11) is 1.79. The average molecular weight is 204 g/mol. The van der Waals surface area contributed by atoms with Crippen molar-refractivity contribution >= 4 is 11.0 Å². The minimum atomic E-state index is 0.0458. The number of fused-ring (bicyclic) bond motifs is 1. The molecule has 5 heteroatoms. The zero-order valence-electron chi connectivity index (χ0n) is 8.47. The number of hydrogen-bond acceptors (Lipinski definition) is 3. The maximum atomic E-state index is 12.0. The van der Waals surface area contributed by atoms with Gasteiger partial charge in [-0.3, -0.25) is 14.1 Å². The first-order valence-electron chi connectivity index (χ1n) is 5.00. The molecule has 3 heterocycles. The van der Waals surface area contributed by atoms with Crippen LogP contribution in [0.4, 0.5) is 0 Å². The van der Waals surface area contributed by atoms with E-state index in [1.54, 1.807) is 24.0 Å². The smallest absolute Gasteiger partial charge is 0.313 e. The molecule has 5 nitrogen and oxygen atoms in total. The van der Waals surface area contributed by atoms with Crippen molar-refractivity contribution < 1.29 is 0 Å². The molecule has 1 aliphatic rings. The summed E-state index contributed by atoms with van der Waals surface area (Å²) in [6.45, 7) is 1.75. The Balaban J connectivity index is 2.36. The monoisotopic (exact) mass is 204 g/mol. The van der Waals surface area contributed by atoms with E-state index >= 15 is 0 Å². The Hall–Kier alpha value is -1.62. The van der Waals surface area contributed by atoms with Gasteiger partial charge >= 0.3 is 5.69 Å². The molecule has 3 rings (SSSR count). The molecule has 78 valence electrons. The van der Waals surface area contributed by atoms with Gasteiger partial charge in [-0.05, 0) is 6.07 Å². The number of nitrogens with zero attached hydrogens (tertiary/aromatic N) is 3. The summed E-state index contributed by atoms with van der Waals surface area (Å²) in [5.41, 5.74) is 1.92. The average Bonchev–Trinajstić information content (AvgIpc) is 2.42. The van der Waals surface area contributed by atoms with Crippen LogP contribution >= 0.6 is 0 Å². The van der Waals surface area contributed by atoms with Gasteiger partial charge in [-0.15, -0.1) is 0 Å². The zero-order valence-corrected chi connectivity index (χ0v) is 8.47. The normalized spacial score (nSPS) is 16.9. The van der Waals surface area contributed by atoms with E-state index in [-0.39, 0.29) is 5.69 Å². The van der Waals surface area contributed by atoms with Crippen LogP contribution in [0.15, 0.2) is 23.3 Å². The van der Waals surface area contributed by atoms with E-state index in [1.165, 1.54) is 0 Å². The highest BCUT2D eigenvalue weighted by atomic mass is 16.1. The van der Waals surface area contributed by atoms with E-state index in [1.807, 2.05) is 10.6 Å². The largest absolute Gasteiger partial charge is 0.329 e. The van der Waals surface area contributed by atoms with Crippen LogP contribution in [0.3, 0.4) is 0 Å². The second kappa shape index (κ2) is 2.93. The van der Waals surface area contributed by atoms with Gasteiger partial charge in [-0.1, -0.05) is 0 Å². The van der Waals surface area contributed by atoms with Crippen LogP contribution in [-0.4, -0.2) is 27.2 Å². The standard InChI is InChI=1S/C10H12N4O/c1-13-9-6-11-3-2-8(9)14(10(13)15)7-4-12-5-7/h2-3,6-7,12H,4-5H2,1H3. The van der Waals surface area contributed by atoms with Crippen molar-refractivity contribution in [3.05, 3.63) is 28.9 Å². The van der Waals surface area contributed by atoms with Gasteiger partial charge in [0.25, 0.3) is 0 Å². The maximum Gasteiger partial charge on any atom is 0.329 e. The number of aromatic nitrogens is 3. The van der Waals surface area contributed by atoms with E-state index < -0.39 is 0 Å². The molecule has 2 aromatic rings. The Morgan fingerprint density at radius 3 is 2.93 bits per heavy atom. The quantitative estimate of drug-likeness (QED) is 0.704. The fourth-order valence-corrected chi connectivity index (χ4v) is 2.02. The Bertz CT molecular complexity index is 564. The molecule has 1 saturated heterocycles. The predicted octanol–water partition coefficient (Wildman–Crippen LogP) is -0.121. The van der Waals surface area contributed by atoms with Gasteiger partial charge in [-0.25, -0.2) is 4.79 Å². The number of imidazole rings is 1. The molecule has 0 radical (unpaired) electrons. The molecule has 0 atom stereocenters. The lowest BCUT2D eigenvalue weighted by Crippen LogP contribution is -2.46. The van der Waals surface area contributed by atoms with E-state index in [4.69, 9.17) is 0 Å². The fourth-order valence-electron chi connectivity index (χ4n) is 2.02. The number of pyridine rings is 1. The lowest BCUT2D eigenvalue weighted by atomic mass is 10.2. The first-order chi connectivity index (χ1) is 7.29. The number of aryl methyl sites for hydroxylation is 1. The number of rotatable bonds is 1. The molecule has 2 aromatic heterocycles. The third-order valence-corrected chi connectivity index (χ3v) is 3.02. The van der Waals surface area contributed by atoms with E-state index in [2.05, 4.69) is 10.3 Å². The van der Waals surface area contributed by atoms with E-state index in [0.29, 0.717) is 6.04 Å². The zero-order chi connectivity index (χ0) is 10.4. The molecule has 0 amide bonds. The second-order valence-corrected chi connectivity index (χ2v) is 3.89. The lowest BCUT2D eigenvalue weighted by molar-refractivity contribution is 0.341. The molecule has 1 N–H and O–H groups in total. The molecule has 1 fully saturated rings. The SMILES string of the molecule is Cn1c(=O)n(C2CNC2)c2ccncc21. The van der Waals surface area contributed by atoms with Gasteiger partial charge in [-0.2, -0.15) is 0 Å². The highest BCUT2D eigenvalue weighted by molar-refractivity contribution is 5.74. The van der Waals surface area contributed by atoms with Crippen molar-refractivity contribution in [2.45, 2.75) is 6.04 Å². The summed E-state index contributed by atoms with van der Waals surface area (Å²) in [5.74, 6) is 0. The van der Waals surface area contributed by atoms with Crippen molar-refractivity contribution in [2.75, 3.05) is 13.1 Å². The summed E-state index contributed by atoms with van der Waals surface area (Å²) < 4.78 is 3.51. The first-order valence-corrected chi connectivity index (χ1v) is 5.00. The molecule has 0 bridgehead atoms. The summed E-state index contributed by atoms with van der Waals surface area (Å²) in [5, 5.41) is 3.18. The Kier molecular flexibility index (Phi) is 1.70. The van der Waals surface area contributed by atoms with Crippen molar-refractivity contribution in [1.82, 2.24) is 19.4 Å².